The van der Waals surface area contributed by atoms with Crippen molar-refractivity contribution in [1.29, 1.82) is 0 Å². The summed E-state index contributed by atoms with van der Waals surface area (Å²) in [6.07, 6.45) is 3.86. The lowest BCUT2D eigenvalue weighted by Crippen LogP contribution is -2.65. The van der Waals surface area contributed by atoms with Crippen LogP contribution in [0.4, 0.5) is 0 Å². The van der Waals surface area contributed by atoms with E-state index in [1.54, 1.807) is 0 Å². The van der Waals surface area contributed by atoms with E-state index in [1.807, 2.05) is 30.3 Å². The van der Waals surface area contributed by atoms with Gasteiger partial charge in [-0.15, -0.1) is 0 Å². The molecule has 6 heteroatoms. The topological polar surface area (TPSA) is 73.6 Å². The van der Waals surface area contributed by atoms with Gasteiger partial charge in [-0.25, -0.2) is 0 Å². The molecule has 1 amide bonds. The van der Waals surface area contributed by atoms with Crippen molar-refractivity contribution in [3.63, 3.8) is 0 Å². The van der Waals surface area contributed by atoms with Crippen LogP contribution in [-0.2, 0) is 20.5 Å². The fourth-order valence-electron chi connectivity index (χ4n) is 6.19. The van der Waals surface area contributed by atoms with Gasteiger partial charge < -0.3 is 20.4 Å². The number of rotatable bonds is 8. The van der Waals surface area contributed by atoms with Gasteiger partial charge in [-0.1, -0.05) is 58.0 Å². The Morgan fingerprint density at radius 1 is 1.23 bits per heavy atom. The second kappa shape index (κ2) is 7.96. The number of nitrogens with two attached hydrogens (primary N) is 1. The highest BCUT2D eigenvalue weighted by atomic mass is 16.7. The van der Waals surface area contributed by atoms with E-state index in [1.165, 1.54) is 6.42 Å². The number of hydrogen-bond acceptors (Lipinski definition) is 4. The van der Waals surface area contributed by atoms with Crippen LogP contribution in [0.15, 0.2) is 30.3 Å². The van der Waals surface area contributed by atoms with E-state index in [0.29, 0.717) is 23.7 Å². The number of amides is 1. The summed E-state index contributed by atoms with van der Waals surface area (Å²) in [7, 11) is -0.352. The van der Waals surface area contributed by atoms with Crippen LogP contribution in [0.25, 0.3) is 0 Å². The molecule has 3 aliphatic carbocycles. The molecule has 30 heavy (non-hydrogen) atoms. The first-order valence-electron chi connectivity index (χ1n) is 11.5. The fraction of sp³-hybridized carbons (Fsp3) is 0.708. The molecular weight excluding hydrogens is 375 g/mol. The van der Waals surface area contributed by atoms with Gasteiger partial charge in [0.2, 0.25) is 5.91 Å². The van der Waals surface area contributed by atoms with Crippen molar-refractivity contribution in [1.82, 2.24) is 5.32 Å². The van der Waals surface area contributed by atoms with Crippen molar-refractivity contribution in [2.45, 2.75) is 84.0 Å². The Bertz CT molecular complexity index is 771. The maximum Gasteiger partial charge on any atom is 0.475 e. The standard InChI is InChI=1S/C24H37BN2O3/c1-15(2)11-21(27-18(22(26)28)12-16-9-7-6-8-10-16)25-29-20-14-17-13-19(23(17,3)4)24(20,5)30-25/h6-10,15,17-21,27H,11-14H2,1-5H3,(H2,26,28)/t17-,18-,19-,20-,21+,24-/m0/s1. The van der Waals surface area contributed by atoms with Crippen LogP contribution in [0, 0.1) is 23.2 Å². The first kappa shape index (κ1) is 21.9. The van der Waals surface area contributed by atoms with Gasteiger partial charge >= 0.3 is 7.12 Å². The lowest BCUT2D eigenvalue weighted by molar-refractivity contribution is -0.199. The summed E-state index contributed by atoms with van der Waals surface area (Å²) in [6, 6.07) is 9.56. The summed E-state index contributed by atoms with van der Waals surface area (Å²) < 4.78 is 13.2. The van der Waals surface area contributed by atoms with Crippen molar-refractivity contribution in [3.8, 4) is 0 Å². The molecule has 4 aliphatic rings. The minimum atomic E-state index is -0.455. The van der Waals surface area contributed by atoms with Gasteiger partial charge in [-0.05, 0) is 61.3 Å². The van der Waals surface area contributed by atoms with Gasteiger partial charge in [0.1, 0.15) is 0 Å². The summed E-state index contributed by atoms with van der Waals surface area (Å²) in [5.41, 5.74) is 6.94. The molecule has 3 saturated carbocycles. The van der Waals surface area contributed by atoms with E-state index in [9.17, 15) is 4.79 Å². The van der Waals surface area contributed by atoms with Crippen LogP contribution in [0.5, 0.6) is 0 Å². The van der Waals surface area contributed by atoms with Gasteiger partial charge in [0.25, 0.3) is 0 Å². The van der Waals surface area contributed by atoms with Crippen molar-refractivity contribution >= 4 is 13.0 Å². The quantitative estimate of drug-likeness (QED) is 0.643. The smallest absolute Gasteiger partial charge is 0.404 e. The van der Waals surface area contributed by atoms with Crippen molar-refractivity contribution in [3.05, 3.63) is 35.9 Å². The van der Waals surface area contributed by atoms with Crippen LogP contribution in [0.2, 0.25) is 0 Å². The van der Waals surface area contributed by atoms with E-state index in [2.05, 4.69) is 39.9 Å². The molecule has 1 saturated heterocycles. The monoisotopic (exact) mass is 412 g/mol. The molecule has 4 fully saturated rings. The molecule has 2 bridgehead atoms. The first-order valence-corrected chi connectivity index (χ1v) is 11.5. The third-order valence-corrected chi connectivity index (χ3v) is 8.06. The lowest BCUT2D eigenvalue weighted by atomic mass is 9.43. The summed E-state index contributed by atoms with van der Waals surface area (Å²) in [5, 5.41) is 3.53. The van der Waals surface area contributed by atoms with Gasteiger partial charge in [0, 0.05) is 5.94 Å². The van der Waals surface area contributed by atoms with Crippen LogP contribution in [0.3, 0.4) is 0 Å². The summed E-state index contributed by atoms with van der Waals surface area (Å²) in [5.74, 6) is 1.28. The Hall–Kier alpha value is -1.37. The zero-order chi connectivity index (χ0) is 21.7. The normalized spacial score (nSPS) is 33.7. The van der Waals surface area contributed by atoms with E-state index in [0.717, 1.165) is 24.3 Å². The van der Waals surface area contributed by atoms with Gasteiger partial charge in [0.15, 0.2) is 0 Å². The third-order valence-electron chi connectivity index (χ3n) is 8.06. The number of nitrogens with one attached hydrogen (secondary N) is 1. The lowest BCUT2D eigenvalue weighted by Gasteiger charge is -2.64. The highest BCUT2D eigenvalue weighted by molar-refractivity contribution is 6.47. The SMILES string of the molecule is CC(C)C[C@@H](N[C@@H](Cc1ccccc1)C(N)=O)B1O[C@H]2C[C@@H]3C[C@@H](C3(C)C)[C@]2(C)O1. The molecule has 0 spiro atoms. The number of carbonyl (C=O) groups is 1. The van der Waals surface area contributed by atoms with Crippen molar-refractivity contribution in [2.24, 2.45) is 28.9 Å². The molecular formula is C24H37BN2O3. The molecule has 1 heterocycles. The molecule has 5 nitrogen and oxygen atoms in total. The molecule has 164 valence electrons. The molecule has 5 rings (SSSR count). The molecule has 0 radical (unpaired) electrons. The first-order chi connectivity index (χ1) is 14.1. The summed E-state index contributed by atoms with van der Waals surface area (Å²) >= 11 is 0. The van der Waals surface area contributed by atoms with Gasteiger partial charge in [-0.2, -0.15) is 0 Å². The molecule has 6 atom stereocenters. The number of carbonyl (C=O) groups excluding carboxylic acids is 1. The Morgan fingerprint density at radius 3 is 2.53 bits per heavy atom. The number of benzene rings is 1. The molecule has 1 aromatic rings. The molecule has 1 aromatic carbocycles. The number of primary amides is 1. The van der Waals surface area contributed by atoms with Gasteiger partial charge in [-0.3, -0.25) is 4.79 Å². The van der Waals surface area contributed by atoms with E-state index in [-0.39, 0.29) is 30.7 Å². The van der Waals surface area contributed by atoms with Crippen LogP contribution < -0.4 is 11.1 Å². The van der Waals surface area contributed by atoms with E-state index >= 15 is 0 Å². The summed E-state index contributed by atoms with van der Waals surface area (Å²) in [4.78, 5) is 12.3. The Labute approximate surface area is 181 Å². The zero-order valence-electron chi connectivity index (χ0n) is 19.1. The fourth-order valence-corrected chi connectivity index (χ4v) is 6.19. The highest BCUT2D eigenvalue weighted by Gasteiger charge is 2.68. The van der Waals surface area contributed by atoms with Crippen LogP contribution >= 0.6 is 0 Å². The average Bonchev–Trinajstić information content (AvgIpc) is 3.04. The second-order valence-corrected chi connectivity index (χ2v) is 10.9. The maximum atomic E-state index is 12.3. The highest BCUT2D eigenvalue weighted by Crippen LogP contribution is 2.65. The van der Waals surface area contributed by atoms with Crippen LogP contribution in [0.1, 0.15) is 59.4 Å². The van der Waals surface area contributed by atoms with Gasteiger partial charge in [0.05, 0.1) is 17.7 Å². The molecule has 3 N–H and O–H groups in total. The average molecular weight is 412 g/mol. The minimum Gasteiger partial charge on any atom is -0.404 e. The van der Waals surface area contributed by atoms with E-state index < -0.39 is 6.04 Å². The Morgan fingerprint density at radius 2 is 1.93 bits per heavy atom. The Kier molecular flexibility index (Phi) is 5.80. The maximum absolute atomic E-state index is 12.3. The van der Waals surface area contributed by atoms with Crippen molar-refractivity contribution < 1.29 is 14.1 Å². The van der Waals surface area contributed by atoms with E-state index in [4.69, 9.17) is 15.0 Å². The second-order valence-electron chi connectivity index (χ2n) is 10.9. The number of hydrogen-bond donors (Lipinski definition) is 2. The summed E-state index contributed by atoms with van der Waals surface area (Å²) in [6.45, 7) is 11.4. The molecule has 1 aliphatic heterocycles. The Balaban J connectivity index is 1.51. The largest absolute Gasteiger partial charge is 0.475 e. The van der Waals surface area contributed by atoms with Crippen LogP contribution in [-0.4, -0.2) is 36.7 Å². The predicted octanol–water partition coefficient (Wildman–Crippen LogP) is 3.35. The molecule has 0 unspecified atom stereocenters. The third kappa shape index (κ3) is 3.83. The zero-order valence-corrected chi connectivity index (χ0v) is 19.1. The van der Waals surface area contributed by atoms with Crippen molar-refractivity contribution in [2.75, 3.05) is 0 Å². The predicted molar refractivity (Wildman–Crippen MR) is 120 cm³/mol. The molecule has 0 aromatic heterocycles. The minimum absolute atomic E-state index is 0.0750.